The number of anilines is 1. The summed E-state index contributed by atoms with van der Waals surface area (Å²) in [6.45, 7) is 8.23. The zero-order valence-electron chi connectivity index (χ0n) is 19.7. The van der Waals surface area contributed by atoms with Gasteiger partial charge in [0.05, 0.1) is 29.8 Å². The number of rotatable bonds is 4. The van der Waals surface area contributed by atoms with E-state index < -0.39 is 11.7 Å². The van der Waals surface area contributed by atoms with Crippen molar-refractivity contribution in [3.05, 3.63) is 65.4 Å². The molecule has 2 aliphatic heterocycles. The van der Waals surface area contributed by atoms with Crippen molar-refractivity contribution in [3.63, 3.8) is 0 Å². The highest BCUT2D eigenvalue weighted by Gasteiger charge is 2.50. The normalized spacial score (nSPS) is 22.4. The summed E-state index contributed by atoms with van der Waals surface area (Å²) in [7, 11) is 0. The summed E-state index contributed by atoms with van der Waals surface area (Å²) in [6.07, 6.45) is 3.08. The van der Waals surface area contributed by atoms with E-state index in [0.717, 1.165) is 5.56 Å². The van der Waals surface area contributed by atoms with E-state index in [-0.39, 0.29) is 23.6 Å². The summed E-state index contributed by atoms with van der Waals surface area (Å²) in [5.41, 5.74) is 0.721. The van der Waals surface area contributed by atoms with E-state index >= 15 is 4.39 Å². The third kappa shape index (κ3) is 3.82. The third-order valence-corrected chi connectivity index (χ3v) is 6.92. The molecule has 5 rings (SSSR count). The minimum Gasteiger partial charge on any atom is -0.356 e. The molecule has 2 aliphatic rings. The quantitative estimate of drug-likeness (QED) is 0.582. The van der Waals surface area contributed by atoms with E-state index in [1.54, 1.807) is 35.5 Å². The average molecular weight is 467 g/mol. The van der Waals surface area contributed by atoms with Crippen molar-refractivity contribution < 1.29 is 13.6 Å². The molecule has 3 unspecified atom stereocenters. The maximum Gasteiger partial charge on any atom is 0.219 e. The number of aromatic nitrogens is 4. The van der Waals surface area contributed by atoms with Crippen LogP contribution in [-0.2, 0) is 10.5 Å². The number of alkyl halides is 1. The van der Waals surface area contributed by atoms with E-state index in [1.165, 1.54) is 31.6 Å². The maximum absolute atomic E-state index is 15.4. The van der Waals surface area contributed by atoms with Gasteiger partial charge < -0.3 is 9.80 Å². The molecular formula is C25H28F2N6O. The summed E-state index contributed by atoms with van der Waals surface area (Å²) < 4.78 is 30.0. The Labute approximate surface area is 197 Å². The number of likely N-dealkylation sites (tertiary alicyclic amines) is 1. The number of pyridine rings is 1. The van der Waals surface area contributed by atoms with Gasteiger partial charge in [-0.1, -0.05) is 6.07 Å². The Morgan fingerprint density at radius 2 is 1.85 bits per heavy atom. The molecule has 0 radical (unpaired) electrons. The summed E-state index contributed by atoms with van der Waals surface area (Å²) in [6, 6.07) is 8.07. The number of fused-ring (bicyclic) bond motifs is 1. The van der Waals surface area contributed by atoms with Crippen LogP contribution in [-0.4, -0.2) is 50.4 Å². The Morgan fingerprint density at radius 1 is 1.12 bits per heavy atom. The van der Waals surface area contributed by atoms with Gasteiger partial charge in [-0.15, -0.1) is 0 Å². The lowest BCUT2D eigenvalue weighted by Crippen LogP contribution is -2.35. The SMILES string of the molecule is CC(=O)N1CC2CN(c3cc(C)cc(C(C)(C)F)n3)CC2C1c1c(F)cccc1-n1nccn1. The Hall–Kier alpha value is -3.36. The number of hydrogen-bond acceptors (Lipinski definition) is 5. The van der Waals surface area contributed by atoms with Gasteiger partial charge in [0.25, 0.3) is 0 Å². The number of carbonyl (C=O) groups excluding carboxylic acids is 1. The van der Waals surface area contributed by atoms with Crippen LogP contribution in [0.4, 0.5) is 14.6 Å². The van der Waals surface area contributed by atoms with Crippen LogP contribution in [0.1, 0.15) is 43.6 Å². The van der Waals surface area contributed by atoms with Crippen LogP contribution in [0.5, 0.6) is 0 Å². The fourth-order valence-electron chi connectivity index (χ4n) is 5.37. The fourth-order valence-corrected chi connectivity index (χ4v) is 5.37. The van der Waals surface area contributed by atoms with Crippen LogP contribution in [0.15, 0.2) is 42.7 Å². The Kier molecular flexibility index (Phi) is 5.37. The standard InChI is InChI=1S/C25H28F2N6O/c1-15-10-21(25(3,4)27)30-22(11-15)31-12-17-13-32(16(2)34)24(18(17)14-31)23-19(26)6-5-7-20(23)33-28-8-9-29-33/h5-11,17-18,24H,12-14H2,1-4H3. The molecule has 2 aromatic heterocycles. The van der Waals surface area contributed by atoms with Crippen molar-refractivity contribution >= 4 is 11.7 Å². The summed E-state index contributed by atoms with van der Waals surface area (Å²) >= 11 is 0. The number of halogens is 2. The summed E-state index contributed by atoms with van der Waals surface area (Å²) in [4.78, 5) is 22.5. The smallest absolute Gasteiger partial charge is 0.219 e. The predicted octanol–water partition coefficient (Wildman–Crippen LogP) is 3.97. The van der Waals surface area contributed by atoms with E-state index in [1.807, 2.05) is 13.0 Å². The zero-order chi connectivity index (χ0) is 24.2. The van der Waals surface area contributed by atoms with Crippen LogP contribution in [0.3, 0.4) is 0 Å². The molecule has 1 aromatic carbocycles. The number of nitrogens with zero attached hydrogens (tertiary/aromatic N) is 6. The molecule has 2 saturated heterocycles. The lowest BCUT2D eigenvalue weighted by molar-refractivity contribution is -0.130. The van der Waals surface area contributed by atoms with Crippen molar-refractivity contribution in [1.82, 2.24) is 24.9 Å². The minimum atomic E-state index is -1.55. The largest absolute Gasteiger partial charge is 0.356 e. The topological polar surface area (TPSA) is 67.2 Å². The second-order valence-electron chi connectivity index (χ2n) is 9.80. The number of carbonyl (C=O) groups is 1. The fraction of sp³-hybridized carbons (Fsp3) is 0.440. The number of aryl methyl sites for hydroxylation is 1. The number of benzene rings is 1. The molecule has 0 bridgehead atoms. The second kappa shape index (κ2) is 8.14. The van der Waals surface area contributed by atoms with Gasteiger partial charge in [0.15, 0.2) is 0 Å². The molecule has 1 amide bonds. The predicted molar refractivity (Wildman–Crippen MR) is 124 cm³/mol. The molecule has 3 aromatic rings. The Morgan fingerprint density at radius 3 is 2.53 bits per heavy atom. The third-order valence-electron chi connectivity index (χ3n) is 6.92. The average Bonchev–Trinajstić information content (AvgIpc) is 3.49. The molecule has 0 saturated carbocycles. The van der Waals surface area contributed by atoms with Crippen molar-refractivity contribution in [2.24, 2.45) is 11.8 Å². The highest BCUT2D eigenvalue weighted by atomic mass is 19.1. The molecule has 3 atom stereocenters. The van der Waals surface area contributed by atoms with Crippen LogP contribution in [0.2, 0.25) is 0 Å². The summed E-state index contributed by atoms with van der Waals surface area (Å²) in [5.74, 6) is 0.352. The number of amides is 1. The van der Waals surface area contributed by atoms with Crippen LogP contribution < -0.4 is 4.90 Å². The molecule has 4 heterocycles. The molecule has 0 spiro atoms. The highest BCUT2D eigenvalue weighted by Crippen LogP contribution is 2.48. The van der Waals surface area contributed by atoms with Gasteiger partial charge in [0, 0.05) is 44.0 Å². The van der Waals surface area contributed by atoms with Gasteiger partial charge in [-0.05, 0) is 50.6 Å². The summed E-state index contributed by atoms with van der Waals surface area (Å²) in [5, 5.41) is 8.40. The van der Waals surface area contributed by atoms with Gasteiger partial charge in [-0.2, -0.15) is 15.0 Å². The lowest BCUT2D eigenvalue weighted by atomic mass is 9.88. The molecule has 34 heavy (non-hydrogen) atoms. The van der Waals surface area contributed by atoms with Crippen LogP contribution in [0.25, 0.3) is 5.69 Å². The molecule has 9 heteroatoms. The van der Waals surface area contributed by atoms with Gasteiger partial charge in [-0.3, -0.25) is 4.79 Å². The molecule has 7 nitrogen and oxygen atoms in total. The lowest BCUT2D eigenvalue weighted by Gasteiger charge is -2.31. The van der Waals surface area contributed by atoms with Crippen molar-refractivity contribution in [2.75, 3.05) is 24.5 Å². The molecule has 178 valence electrons. The Bertz CT molecular complexity index is 1220. The van der Waals surface area contributed by atoms with Crippen molar-refractivity contribution in [2.45, 2.75) is 39.4 Å². The van der Waals surface area contributed by atoms with Crippen molar-refractivity contribution in [1.29, 1.82) is 0 Å². The van der Waals surface area contributed by atoms with Crippen LogP contribution in [0, 0.1) is 24.6 Å². The Balaban J connectivity index is 1.54. The van der Waals surface area contributed by atoms with E-state index in [2.05, 4.69) is 20.1 Å². The second-order valence-corrected chi connectivity index (χ2v) is 9.80. The van der Waals surface area contributed by atoms with Gasteiger partial charge in [0.1, 0.15) is 17.3 Å². The first kappa shape index (κ1) is 22.4. The van der Waals surface area contributed by atoms with E-state index in [0.29, 0.717) is 42.4 Å². The van der Waals surface area contributed by atoms with Crippen LogP contribution >= 0.6 is 0 Å². The first-order valence-electron chi connectivity index (χ1n) is 11.5. The zero-order valence-corrected chi connectivity index (χ0v) is 19.7. The van der Waals surface area contributed by atoms with E-state index in [4.69, 9.17) is 0 Å². The molecule has 0 N–H and O–H groups in total. The van der Waals surface area contributed by atoms with Gasteiger partial charge in [-0.25, -0.2) is 13.8 Å². The minimum absolute atomic E-state index is 0.0146. The van der Waals surface area contributed by atoms with E-state index in [9.17, 15) is 9.18 Å². The number of hydrogen-bond donors (Lipinski definition) is 0. The highest BCUT2D eigenvalue weighted by molar-refractivity contribution is 5.75. The van der Waals surface area contributed by atoms with Gasteiger partial charge in [0.2, 0.25) is 5.91 Å². The first-order chi connectivity index (χ1) is 16.1. The van der Waals surface area contributed by atoms with Gasteiger partial charge >= 0.3 is 0 Å². The monoisotopic (exact) mass is 466 g/mol. The van der Waals surface area contributed by atoms with Crippen molar-refractivity contribution in [3.8, 4) is 5.69 Å². The molecular weight excluding hydrogens is 438 g/mol. The first-order valence-corrected chi connectivity index (χ1v) is 11.5. The molecule has 2 fully saturated rings. The molecule has 0 aliphatic carbocycles. The maximum atomic E-state index is 15.4.